The third-order valence-electron chi connectivity index (χ3n) is 5.86. The average Bonchev–Trinajstić information content (AvgIpc) is 3.05. The fourth-order valence-electron chi connectivity index (χ4n) is 4.51. The Balaban J connectivity index is 2.04. The summed E-state index contributed by atoms with van der Waals surface area (Å²) in [7, 11) is 0. The van der Waals surface area contributed by atoms with E-state index >= 15 is 0 Å². The predicted octanol–water partition coefficient (Wildman–Crippen LogP) is 7.21. The van der Waals surface area contributed by atoms with Gasteiger partial charge in [0.2, 0.25) is 0 Å². The van der Waals surface area contributed by atoms with Crippen molar-refractivity contribution in [2.45, 2.75) is 46.0 Å². The van der Waals surface area contributed by atoms with Gasteiger partial charge in [-0.3, -0.25) is 4.40 Å². The molecule has 2 heterocycles. The van der Waals surface area contributed by atoms with Crippen molar-refractivity contribution in [3.63, 3.8) is 0 Å². The fourth-order valence-corrected chi connectivity index (χ4v) is 4.51. The number of imidazole rings is 1. The van der Waals surface area contributed by atoms with Gasteiger partial charge < -0.3 is 0 Å². The summed E-state index contributed by atoms with van der Waals surface area (Å²) in [5, 5.41) is 3.86. The van der Waals surface area contributed by atoms with Crippen molar-refractivity contribution in [2.24, 2.45) is 0 Å². The molecule has 140 valence electrons. The summed E-state index contributed by atoms with van der Waals surface area (Å²) in [6.07, 6.45) is 0. The normalized spacial score (nSPS) is 12.8. The number of para-hydroxylation sites is 1. The maximum atomic E-state index is 5.17. The quantitative estimate of drug-likeness (QED) is 0.306. The van der Waals surface area contributed by atoms with Gasteiger partial charge in [-0.25, -0.2) is 4.98 Å². The molecule has 3 aromatic carbocycles. The number of benzene rings is 3. The van der Waals surface area contributed by atoms with E-state index in [4.69, 9.17) is 4.98 Å². The second-order valence-electron chi connectivity index (χ2n) is 9.16. The summed E-state index contributed by atoms with van der Waals surface area (Å²) in [6.45, 7) is 11.4. The molecule has 0 saturated heterocycles. The number of nitrogens with zero attached hydrogens (tertiary/aromatic N) is 2. The van der Waals surface area contributed by atoms with Gasteiger partial charge >= 0.3 is 0 Å². The van der Waals surface area contributed by atoms with E-state index < -0.39 is 0 Å². The van der Waals surface area contributed by atoms with Gasteiger partial charge in [0.05, 0.1) is 16.6 Å². The first kappa shape index (κ1) is 17.2. The molecule has 0 N–H and O–H groups in total. The van der Waals surface area contributed by atoms with Gasteiger partial charge in [-0.1, -0.05) is 77.1 Å². The molecule has 0 atom stereocenters. The molecule has 2 aromatic heterocycles. The molecule has 0 fully saturated rings. The van der Waals surface area contributed by atoms with Crippen molar-refractivity contribution in [1.29, 1.82) is 0 Å². The molecule has 0 amide bonds. The van der Waals surface area contributed by atoms with E-state index in [1.54, 1.807) is 0 Å². The van der Waals surface area contributed by atoms with Crippen LogP contribution in [0.25, 0.3) is 38.4 Å². The first-order valence-electron chi connectivity index (χ1n) is 10.1. The van der Waals surface area contributed by atoms with Gasteiger partial charge in [0, 0.05) is 10.8 Å². The van der Waals surface area contributed by atoms with Crippen LogP contribution in [-0.4, -0.2) is 9.38 Å². The first-order chi connectivity index (χ1) is 13.4. The molecule has 2 nitrogen and oxygen atoms in total. The molecule has 0 aliphatic heterocycles. The zero-order valence-electron chi connectivity index (χ0n) is 17.2. The summed E-state index contributed by atoms with van der Waals surface area (Å²) < 4.78 is 2.33. The second kappa shape index (κ2) is 5.81. The molecule has 0 aliphatic carbocycles. The van der Waals surface area contributed by atoms with Crippen LogP contribution in [0.4, 0.5) is 0 Å². The van der Waals surface area contributed by atoms with Crippen LogP contribution in [0, 0.1) is 0 Å². The highest BCUT2D eigenvalue weighted by atomic mass is 15.0. The molecule has 2 heteroatoms. The van der Waals surface area contributed by atoms with E-state index in [-0.39, 0.29) is 5.41 Å². The monoisotopic (exact) mass is 366 g/mol. The smallest absolute Gasteiger partial charge is 0.138 e. The molecular weight excluding hydrogens is 340 g/mol. The van der Waals surface area contributed by atoms with Gasteiger partial charge in [-0.2, -0.15) is 0 Å². The van der Waals surface area contributed by atoms with Gasteiger partial charge in [-0.05, 0) is 46.0 Å². The predicted molar refractivity (Wildman–Crippen MR) is 120 cm³/mol. The number of pyridine rings is 1. The minimum atomic E-state index is 0.0602. The lowest BCUT2D eigenvalue weighted by atomic mass is 9.85. The average molecular weight is 367 g/mol. The number of hydrogen-bond donors (Lipinski definition) is 0. The summed E-state index contributed by atoms with van der Waals surface area (Å²) in [5.74, 6) is 0.459. The Hall–Kier alpha value is -2.87. The summed E-state index contributed by atoms with van der Waals surface area (Å²) in [5.41, 5.74) is 7.33. The van der Waals surface area contributed by atoms with Crippen LogP contribution >= 0.6 is 0 Å². The van der Waals surface area contributed by atoms with Gasteiger partial charge in [0.15, 0.2) is 0 Å². The van der Waals surface area contributed by atoms with E-state index in [0.717, 1.165) is 11.2 Å². The maximum absolute atomic E-state index is 5.17. The molecule has 0 spiro atoms. The molecule has 0 bridgehead atoms. The Morgan fingerprint density at radius 1 is 0.857 bits per heavy atom. The van der Waals surface area contributed by atoms with Crippen LogP contribution in [0.1, 0.15) is 51.7 Å². The highest BCUT2D eigenvalue weighted by molar-refractivity contribution is 6.09. The van der Waals surface area contributed by atoms with Crippen LogP contribution in [-0.2, 0) is 5.41 Å². The van der Waals surface area contributed by atoms with Crippen molar-refractivity contribution in [2.75, 3.05) is 0 Å². The van der Waals surface area contributed by atoms with Crippen molar-refractivity contribution in [3.05, 3.63) is 71.8 Å². The molecule has 28 heavy (non-hydrogen) atoms. The lowest BCUT2D eigenvalue weighted by Crippen LogP contribution is -2.12. The molecule has 0 unspecified atom stereocenters. The van der Waals surface area contributed by atoms with Crippen molar-refractivity contribution >= 4 is 38.4 Å². The minimum absolute atomic E-state index is 0.0602. The van der Waals surface area contributed by atoms with Gasteiger partial charge in [-0.15, -0.1) is 0 Å². The topological polar surface area (TPSA) is 17.3 Å². The molecule has 0 saturated carbocycles. The lowest BCUT2D eigenvalue weighted by Gasteiger charge is -2.22. The third-order valence-corrected chi connectivity index (χ3v) is 5.86. The van der Waals surface area contributed by atoms with Crippen molar-refractivity contribution < 1.29 is 0 Å². The van der Waals surface area contributed by atoms with Crippen molar-refractivity contribution in [1.82, 2.24) is 9.38 Å². The Kier molecular flexibility index (Phi) is 3.58. The Bertz CT molecular complexity index is 1360. The molecule has 0 radical (unpaired) electrons. The summed E-state index contributed by atoms with van der Waals surface area (Å²) in [6, 6.07) is 22.1. The van der Waals surface area contributed by atoms with E-state index in [0.29, 0.717) is 5.92 Å². The third kappa shape index (κ3) is 2.37. The van der Waals surface area contributed by atoms with E-state index in [9.17, 15) is 0 Å². The van der Waals surface area contributed by atoms with Gasteiger partial charge in [0.1, 0.15) is 5.65 Å². The zero-order valence-corrected chi connectivity index (χ0v) is 17.2. The number of fused-ring (bicyclic) bond motifs is 7. The van der Waals surface area contributed by atoms with Crippen LogP contribution in [0.2, 0.25) is 0 Å². The van der Waals surface area contributed by atoms with Crippen LogP contribution in [0.15, 0.2) is 60.7 Å². The standard InChI is InChI=1S/C26H26N2/c1-16(2)18-11-8-9-17-13-14-22-25(24(17)18)27-23-15-20(26(3,4)5)19-10-6-7-12-21(19)28(22)23/h6-16H,1-5H3. The van der Waals surface area contributed by atoms with Crippen LogP contribution in [0.5, 0.6) is 0 Å². The van der Waals surface area contributed by atoms with E-state index in [1.165, 1.54) is 38.3 Å². The largest absolute Gasteiger partial charge is 0.292 e. The molecule has 5 rings (SSSR count). The highest BCUT2D eigenvalue weighted by Gasteiger charge is 2.21. The van der Waals surface area contributed by atoms with Crippen molar-refractivity contribution in [3.8, 4) is 0 Å². The zero-order chi connectivity index (χ0) is 19.6. The van der Waals surface area contributed by atoms with Crippen LogP contribution < -0.4 is 0 Å². The SMILES string of the molecule is CC(C)c1cccc2ccc3c(nc4cc(C(C)(C)C)c5ccccc5n43)c12. The van der Waals surface area contributed by atoms with E-state index in [2.05, 4.69) is 99.7 Å². The lowest BCUT2D eigenvalue weighted by molar-refractivity contribution is 0.596. The summed E-state index contributed by atoms with van der Waals surface area (Å²) >= 11 is 0. The van der Waals surface area contributed by atoms with E-state index in [1.807, 2.05) is 0 Å². The van der Waals surface area contributed by atoms with Crippen LogP contribution in [0.3, 0.4) is 0 Å². The first-order valence-corrected chi connectivity index (χ1v) is 10.1. The maximum Gasteiger partial charge on any atom is 0.138 e. The second-order valence-corrected chi connectivity index (χ2v) is 9.16. The number of rotatable bonds is 1. The summed E-state index contributed by atoms with van der Waals surface area (Å²) in [4.78, 5) is 5.17. The number of aromatic nitrogens is 2. The Labute approximate surface area is 165 Å². The molecule has 0 aliphatic rings. The Morgan fingerprint density at radius 2 is 1.64 bits per heavy atom. The highest BCUT2D eigenvalue weighted by Crippen LogP contribution is 2.36. The minimum Gasteiger partial charge on any atom is -0.292 e. The fraction of sp³-hybridized carbons (Fsp3) is 0.269. The Morgan fingerprint density at radius 3 is 2.39 bits per heavy atom. The molecular formula is C26H26N2. The molecule has 5 aromatic rings. The van der Waals surface area contributed by atoms with Gasteiger partial charge in [0.25, 0.3) is 0 Å². The number of hydrogen-bond acceptors (Lipinski definition) is 1.